The number of nitrogens with zero attached hydrogens (tertiary/aromatic N) is 2. The highest BCUT2D eigenvalue weighted by Gasteiger charge is 2.06. The van der Waals surface area contributed by atoms with Crippen LogP contribution in [0.4, 0.5) is 5.69 Å². The first-order chi connectivity index (χ1) is 11.6. The highest BCUT2D eigenvalue weighted by atomic mass is 32.2. The first-order valence-electron chi connectivity index (χ1n) is 7.43. The number of carbonyl (C=O) groups is 1. The van der Waals surface area contributed by atoms with Gasteiger partial charge in [0, 0.05) is 30.0 Å². The Morgan fingerprint density at radius 1 is 1.17 bits per heavy atom. The zero-order valence-corrected chi connectivity index (χ0v) is 14.0. The molecule has 0 aliphatic carbocycles. The number of rotatable bonds is 5. The summed E-state index contributed by atoms with van der Waals surface area (Å²) in [5.41, 5.74) is 1.61. The minimum Gasteiger partial charge on any atom is -0.508 e. The van der Waals surface area contributed by atoms with Gasteiger partial charge in [-0.25, -0.2) is 4.98 Å². The van der Waals surface area contributed by atoms with E-state index in [1.54, 1.807) is 42.2 Å². The van der Waals surface area contributed by atoms with Crippen molar-refractivity contribution in [3.63, 3.8) is 0 Å². The summed E-state index contributed by atoms with van der Waals surface area (Å²) in [4.78, 5) is 17.4. The van der Waals surface area contributed by atoms with Crippen molar-refractivity contribution in [1.82, 2.24) is 9.55 Å². The van der Waals surface area contributed by atoms with Crippen molar-refractivity contribution in [2.45, 2.75) is 16.5 Å². The van der Waals surface area contributed by atoms with Crippen molar-refractivity contribution >= 4 is 23.4 Å². The lowest BCUT2D eigenvalue weighted by molar-refractivity contribution is -0.115. The van der Waals surface area contributed by atoms with Crippen molar-refractivity contribution in [1.29, 1.82) is 0 Å². The van der Waals surface area contributed by atoms with Crippen molar-refractivity contribution in [3.05, 3.63) is 66.5 Å². The number of phenols is 1. The van der Waals surface area contributed by atoms with Gasteiger partial charge in [-0.3, -0.25) is 4.79 Å². The van der Waals surface area contributed by atoms with Crippen LogP contribution >= 0.6 is 11.8 Å². The summed E-state index contributed by atoms with van der Waals surface area (Å²) >= 11 is 1.57. The molecule has 0 aliphatic rings. The van der Waals surface area contributed by atoms with Crippen LogP contribution in [-0.4, -0.2) is 20.6 Å². The van der Waals surface area contributed by atoms with Crippen molar-refractivity contribution in [2.75, 3.05) is 5.32 Å². The molecule has 0 saturated carbocycles. The van der Waals surface area contributed by atoms with Crippen LogP contribution in [0.25, 0.3) is 0 Å². The predicted octanol–water partition coefficient (Wildman–Crippen LogP) is 3.46. The minimum atomic E-state index is -0.0924. The van der Waals surface area contributed by atoms with E-state index in [1.807, 2.05) is 42.1 Å². The summed E-state index contributed by atoms with van der Waals surface area (Å²) in [6.45, 7) is 0. The molecule has 1 aromatic heterocycles. The lowest BCUT2D eigenvalue weighted by Gasteiger charge is -2.07. The monoisotopic (exact) mass is 339 g/mol. The number of aryl methyl sites for hydroxylation is 1. The number of aromatic hydroxyl groups is 1. The van der Waals surface area contributed by atoms with Crippen molar-refractivity contribution in [3.8, 4) is 5.75 Å². The van der Waals surface area contributed by atoms with Gasteiger partial charge in [0.25, 0.3) is 0 Å². The Bertz CT molecular complexity index is 826. The predicted molar refractivity (Wildman–Crippen MR) is 94.2 cm³/mol. The van der Waals surface area contributed by atoms with Crippen molar-refractivity contribution in [2.24, 2.45) is 7.05 Å². The fraction of sp³-hybridized carbons (Fsp3) is 0.111. The summed E-state index contributed by atoms with van der Waals surface area (Å²) in [6, 6.07) is 14.3. The molecule has 0 spiro atoms. The largest absolute Gasteiger partial charge is 0.508 e. The molecule has 3 aromatic rings. The molecule has 2 N–H and O–H groups in total. The number of amides is 1. The van der Waals surface area contributed by atoms with Crippen LogP contribution < -0.4 is 5.32 Å². The first-order valence-corrected chi connectivity index (χ1v) is 8.25. The Hall–Kier alpha value is -2.73. The minimum absolute atomic E-state index is 0.0924. The highest BCUT2D eigenvalue weighted by molar-refractivity contribution is 7.99. The summed E-state index contributed by atoms with van der Waals surface area (Å²) in [5.74, 6) is 0.102. The number of phenolic OH excluding ortho intramolecular Hbond substituents is 1. The number of carbonyl (C=O) groups excluding carboxylic acids is 1. The quantitative estimate of drug-likeness (QED) is 0.747. The zero-order valence-electron chi connectivity index (χ0n) is 13.1. The number of benzene rings is 2. The molecule has 5 nitrogen and oxygen atoms in total. The van der Waals surface area contributed by atoms with Crippen LogP contribution in [-0.2, 0) is 18.3 Å². The highest BCUT2D eigenvalue weighted by Crippen LogP contribution is 2.26. The van der Waals surface area contributed by atoms with Gasteiger partial charge in [0.05, 0.1) is 6.42 Å². The van der Waals surface area contributed by atoms with E-state index in [4.69, 9.17) is 0 Å². The fourth-order valence-corrected chi connectivity index (χ4v) is 2.97. The SMILES string of the molecule is Cn1ccnc1Sc1ccc(NC(=O)Cc2ccc(O)cc2)cc1. The third-order valence-electron chi connectivity index (χ3n) is 3.43. The second-order valence-electron chi connectivity index (χ2n) is 5.34. The first kappa shape index (κ1) is 16.1. The molecule has 1 amide bonds. The molecule has 122 valence electrons. The second kappa shape index (κ2) is 7.23. The maximum atomic E-state index is 12.1. The molecule has 0 radical (unpaired) electrons. The van der Waals surface area contributed by atoms with Gasteiger partial charge in [-0.2, -0.15) is 0 Å². The molecule has 0 saturated heterocycles. The van der Waals surface area contributed by atoms with Crippen LogP contribution in [0, 0.1) is 0 Å². The Labute approximate surface area is 144 Å². The summed E-state index contributed by atoms with van der Waals surface area (Å²) in [7, 11) is 1.95. The topological polar surface area (TPSA) is 67.2 Å². The normalized spacial score (nSPS) is 10.5. The standard InChI is InChI=1S/C18H17N3O2S/c1-21-11-10-19-18(21)24-16-8-4-14(5-9-16)20-17(23)12-13-2-6-15(22)7-3-13/h2-11,22H,12H2,1H3,(H,20,23). The Balaban J connectivity index is 1.58. The van der Waals surface area contributed by atoms with Crippen LogP contribution in [0.15, 0.2) is 71.0 Å². The lowest BCUT2D eigenvalue weighted by atomic mass is 10.1. The van der Waals surface area contributed by atoms with Crippen LogP contribution in [0.3, 0.4) is 0 Å². The average Bonchev–Trinajstić information content (AvgIpc) is 2.96. The molecule has 0 fully saturated rings. The van der Waals surface area contributed by atoms with Crippen LogP contribution in [0.5, 0.6) is 5.75 Å². The van der Waals surface area contributed by atoms with Gasteiger partial charge in [0.2, 0.25) is 5.91 Å². The number of anilines is 1. The number of aromatic nitrogens is 2. The van der Waals surface area contributed by atoms with E-state index in [0.717, 1.165) is 21.3 Å². The fourth-order valence-electron chi connectivity index (χ4n) is 2.17. The van der Waals surface area contributed by atoms with Crippen LogP contribution in [0.1, 0.15) is 5.56 Å². The maximum Gasteiger partial charge on any atom is 0.228 e. The van der Waals surface area contributed by atoms with E-state index in [0.29, 0.717) is 0 Å². The van der Waals surface area contributed by atoms with E-state index in [-0.39, 0.29) is 18.1 Å². The summed E-state index contributed by atoms with van der Waals surface area (Å²) < 4.78 is 1.96. The number of nitrogens with one attached hydrogen (secondary N) is 1. The maximum absolute atomic E-state index is 12.1. The second-order valence-corrected chi connectivity index (χ2v) is 6.38. The molecular weight excluding hydrogens is 322 g/mol. The third kappa shape index (κ3) is 4.17. The Morgan fingerprint density at radius 2 is 1.88 bits per heavy atom. The van der Waals surface area contributed by atoms with Crippen molar-refractivity contribution < 1.29 is 9.90 Å². The third-order valence-corrected chi connectivity index (χ3v) is 4.51. The van der Waals surface area contributed by atoms with E-state index >= 15 is 0 Å². The Kier molecular flexibility index (Phi) is 4.86. The van der Waals surface area contributed by atoms with Gasteiger partial charge in [-0.15, -0.1) is 0 Å². The summed E-state index contributed by atoms with van der Waals surface area (Å²) in [5, 5.41) is 13.0. The Morgan fingerprint density at radius 3 is 2.50 bits per heavy atom. The molecule has 1 heterocycles. The molecule has 2 aromatic carbocycles. The van der Waals surface area contributed by atoms with Gasteiger partial charge >= 0.3 is 0 Å². The smallest absolute Gasteiger partial charge is 0.228 e. The van der Waals surface area contributed by atoms with E-state index in [1.165, 1.54) is 0 Å². The van der Waals surface area contributed by atoms with Gasteiger partial charge in [-0.05, 0) is 42.0 Å². The molecular formula is C18H17N3O2S. The van der Waals surface area contributed by atoms with E-state index in [9.17, 15) is 9.90 Å². The molecule has 0 aliphatic heterocycles. The molecule has 0 unspecified atom stereocenters. The molecule has 3 rings (SSSR count). The molecule has 6 heteroatoms. The molecule has 24 heavy (non-hydrogen) atoms. The average molecular weight is 339 g/mol. The number of hydrogen-bond donors (Lipinski definition) is 2. The number of imidazole rings is 1. The zero-order chi connectivity index (χ0) is 16.9. The van der Waals surface area contributed by atoms with Gasteiger partial charge in [0.1, 0.15) is 5.75 Å². The van der Waals surface area contributed by atoms with Crippen LogP contribution in [0.2, 0.25) is 0 Å². The summed E-state index contributed by atoms with van der Waals surface area (Å²) in [6.07, 6.45) is 3.94. The molecule has 0 atom stereocenters. The van der Waals surface area contributed by atoms with Gasteiger partial charge in [-0.1, -0.05) is 23.9 Å². The van der Waals surface area contributed by atoms with Gasteiger partial charge < -0.3 is 15.0 Å². The van der Waals surface area contributed by atoms with E-state index in [2.05, 4.69) is 10.3 Å². The van der Waals surface area contributed by atoms with Gasteiger partial charge in [0.15, 0.2) is 5.16 Å². The number of hydrogen-bond acceptors (Lipinski definition) is 4. The lowest BCUT2D eigenvalue weighted by Crippen LogP contribution is -2.14. The van der Waals surface area contributed by atoms with E-state index < -0.39 is 0 Å². The molecule has 0 bridgehead atoms.